The molecule has 3 aromatic rings. The maximum Gasteiger partial charge on any atom is 0.213 e. The van der Waals surface area contributed by atoms with E-state index in [0.29, 0.717) is 23.3 Å². The van der Waals surface area contributed by atoms with Crippen LogP contribution in [0.15, 0.2) is 24.5 Å². The third-order valence-corrected chi connectivity index (χ3v) is 2.88. The number of methoxy groups -OCH3 is 1. The lowest BCUT2D eigenvalue weighted by Gasteiger charge is -2.06. The molecule has 0 aromatic carbocycles. The van der Waals surface area contributed by atoms with Gasteiger partial charge in [-0.25, -0.2) is 14.4 Å². The van der Waals surface area contributed by atoms with Gasteiger partial charge in [0.05, 0.1) is 7.11 Å². The average molecular weight is 256 g/mol. The lowest BCUT2D eigenvalue weighted by molar-refractivity contribution is 0.397. The highest BCUT2D eigenvalue weighted by Crippen LogP contribution is 2.24. The molecule has 0 amide bonds. The number of nitrogens with two attached hydrogens (primary N) is 1. The van der Waals surface area contributed by atoms with E-state index in [0.717, 1.165) is 11.1 Å². The molecule has 0 aliphatic carbocycles. The summed E-state index contributed by atoms with van der Waals surface area (Å²) in [5, 5.41) is 8.23. The summed E-state index contributed by atoms with van der Waals surface area (Å²) in [6.07, 6.45) is 3.29. The summed E-state index contributed by atoms with van der Waals surface area (Å²) in [6, 6.07) is 3.59. The van der Waals surface area contributed by atoms with Crippen molar-refractivity contribution >= 4 is 11.6 Å². The molecule has 96 valence electrons. The van der Waals surface area contributed by atoms with Gasteiger partial charge in [-0.15, -0.1) is 10.2 Å². The topological polar surface area (TPSA) is 91.2 Å². The van der Waals surface area contributed by atoms with Crippen LogP contribution >= 0.6 is 0 Å². The highest BCUT2D eigenvalue weighted by Gasteiger charge is 2.13. The number of aromatic nitrogens is 5. The van der Waals surface area contributed by atoms with E-state index in [9.17, 15) is 0 Å². The van der Waals surface area contributed by atoms with E-state index in [2.05, 4.69) is 20.2 Å². The standard InChI is InChI=1S/C12H12N6O/c1-7-5-10(19-2)15-6-8(7)11-17-16-9-3-4-14-12(13)18(9)11/h3-6H,1-2H3,(H2,13,14). The Morgan fingerprint density at radius 3 is 2.84 bits per heavy atom. The third kappa shape index (κ3) is 1.75. The lowest BCUT2D eigenvalue weighted by atomic mass is 10.1. The van der Waals surface area contributed by atoms with E-state index in [4.69, 9.17) is 10.5 Å². The normalized spacial score (nSPS) is 10.8. The number of hydrogen-bond acceptors (Lipinski definition) is 6. The highest BCUT2D eigenvalue weighted by atomic mass is 16.5. The van der Waals surface area contributed by atoms with Crippen molar-refractivity contribution in [2.45, 2.75) is 6.92 Å². The quantitative estimate of drug-likeness (QED) is 0.737. The number of aryl methyl sites for hydroxylation is 1. The summed E-state index contributed by atoms with van der Waals surface area (Å²) in [5.41, 5.74) is 8.34. The first-order chi connectivity index (χ1) is 9.20. The van der Waals surface area contributed by atoms with Crippen molar-refractivity contribution in [2.24, 2.45) is 0 Å². The molecular formula is C12H12N6O. The Labute approximate surface area is 109 Å². The summed E-state index contributed by atoms with van der Waals surface area (Å²) >= 11 is 0. The maximum atomic E-state index is 5.87. The number of nitrogen functional groups attached to an aromatic ring is 1. The Bertz CT molecular complexity index is 751. The zero-order valence-corrected chi connectivity index (χ0v) is 10.5. The van der Waals surface area contributed by atoms with Gasteiger partial charge in [0, 0.05) is 30.1 Å². The smallest absolute Gasteiger partial charge is 0.213 e. The van der Waals surface area contributed by atoms with Crippen molar-refractivity contribution in [1.29, 1.82) is 0 Å². The Hall–Kier alpha value is -2.70. The average Bonchev–Trinajstić information content (AvgIpc) is 2.84. The molecule has 0 fully saturated rings. The molecule has 0 saturated carbocycles. The molecule has 0 saturated heterocycles. The Morgan fingerprint density at radius 1 is 1.26 bits per heavy atom. The van der Waals surface area contributed by atoms with Gasteiger partial charge >= 0.3 is 0 Å². The summed E-state index contributed by atoms with van der Waals surface area (Å²) in [5.74, 6) is 1.52. The fraction of sp³-hybridized carbons (Fsp3) is 0.167. The predicted molar refractivity (Wildman–Crippen MR) is 69.7 cm³/mol. The largest absolute Gasteiger partial charge is 0.481 e. The molecule has 3 rings (SSSR count). The molecule has 3 aromatic heterocycles. The Morgan fingerprint density at radius 2 is 2.11 bits per heavy atom. The van der Waals surface area contributed by atoms with Gasteiger partial charge < -0.3 is 10.5 Å². The Kier molecular flexibility index (Phi) is 2.52. The van der Waals surface area contributed by atoms with E-state index in [1.54, 1.807) is 30.0 Å². The molecular weight excluding hydrogens is 244 g/mol. The van der Waals surface area contributed by atoms with Gasteiger partial charge in [0.15, 0.2) is 11.5 Å². The number of nitrogens with zero attached hydrogens (tertiary/aromatic N) is 5. The zero-order valence-electron chi connectivity index (χ0n) is 10.5. The van der Waals surface area contributed by atoms with E-state index < -0.39 is 0 Å². The van der Waals surface area contributed by atoms with Crippen LogP contribution in [0.5, 0.6) is 5.88 Å². The minimum atomic E-state index is 0.340. The molecule has 0 aliphatic rings. The van der Waals surface area contributed by atoms with Crippen LogP contribution in [0.1, 0.15) is 5.56 Å². The zero-order chi connectivity index (χ0) is 13.4. The van der Waals surface area contributed by atoms with Gasteiger partial charge in [0.1, 0.15) is 0 Å². The van der Waals surface area contributed by atoms with Crippen molar-refractivity contribution in [3.8, 4) is 17.3 Å². The molecule has 0 aliphatic heterocycles. The molecule has 3 heterocycles. The first-order valence-electron chi connectivity index (χ1n) is 5.67. The summed E-state index contributed by atoms with van der Waals surface area (Å²) in [6.45, 7) is 1.95. The second kappa shape index (κ2) is 4.20. The van der Waals surface area contributed by atoms with E-state index in [-0.39, 0.29) is 0 Å². The van der Waals surface area contributed by atoms with Gasteiger partial charge in [0.2, 0.25) is 11.8 Å². The summed E-state index contributed by atoms with van der Waals surface area (Å²) < 4.78 is 6.78. The van der Waals surface area contributed by atoms with Crippen molar-refractivity contribution in [3.05, 3.63) is 30.1 Å². The number of fused-ring (bicyclic) bond motifs is 1. The lowest BCUT2D eigenvalue weighted by Crippen LogP contribution is -2.02. The van der Waals surface area contributed by atoms with Crippen LogP contribution in [0, 0.1) is 6.92 Å². The SMILES string of the molecule is COc1cc(C)c(-c2nnc3ccnc(N)n23)cn1. The van der Waals surface area contributed by atoms with Crippen LogP contribution in [0.2, 0.25) is 0 Å². The number of ether oxygens (including phenoxy) is 1. The van der Waals surface area contributed by atoms with Gasteiger partial charge in [-0.3, -0.25) is 0 Å². The number of rotatable bonds is 2. The first-order valence-corrected chi connectivity index (χ1v) is 5.67. The van der Waals surface area contributed by atoms with E-state index in [1.807, 2.05) is 13.0 Å². The van der Waals surface area contributed by atoms with Crippen molar-refractivity contribution in [2.75, 3.05) is 12.8 Å². The van der Waals surface area contributed by atoms with Crippen LogP contribution < -0.4 is 10.5 Å². The number of pyridine rings is 1. The summed E-state index contributed by atoms with van der Waals surface area (Å²) in [4.78, 5) is 8.23. The van der Waals surface area contributed by atoms with Crippen LogP contribution in [-0.4, -0.2) is 31.7 Å². The van der Waals surface area contributed by atoms with Crippen LogP contribution in [0.3, 0.4) is 0 Å². The van der Waals surface area contributed by atoms with Crippen molar-refractivity contribution < 1.29 is 4.74 Å². The van der Waals surface area contributed by atoms with Crippen LogP contribution in [0.25, 0.3) is 17.0 Å². The molecule has 0 unspecified atom stereocenters. The van der Waals surface area contributed by atoms with Crippen molar-refractivity contribution in [1.82, 2.24) is 24.6 Å². The highest BCUT2D eigenvalue weighted by molar-refractivity contribution is 5.64. The van der Waals surface area contributed by atoms with E-state index in [1.165, 1.54) is 0 Å². The molecule has 0 radical (unpaired) electrons. The Balaban J connectivity index is 2.25. The van der Waals surface area contributed by atoms with Gasteiger partial charge in [0.25, 0.3) is 0 Å². The molecule has 7 nitrogen and oxygen atoms in total. The van der Waals surface area contributed by atoms with Crippen molar-refractivity contribution in [3.63, 3.8) is 0 Å². The minimum Gasteiger partial charge on any atom is -0.481 e. The molecule has 0 spiro atoms. The van der Waals surface area contributed by atoms with Crippen LogP contribution in [-0.2, 0) is 0 Å². The van der Waals surface area contributed by atoms with Gasteiger partial charge in [-0.1, -0.05) is 0 Å². The fourth-order valence-corrected chi connectivity index (χ4v) is 1.92. The fourth-order valence-electron chi connectivity index (χ4n) is 1.92. The van der Waals surface area contributed by atoms with Gasteiger partial charge in [-0.05, 0) is 12.5 Å². The van der Waals surface area contributed by atoms with Gasteiger partial charge in [-0.2, -0.15) is 0 Å². The molecule has 0 atom stereocenters. The second-order valence-electron chi connectivity index (χ2n) is 4.06. The molecule has 0 bridgehead atoms. The monoisotopic (exact) mass is 256 g/mol. The third-order valence-electron chi connectivity index (χ3n) is 2.88. The van der Waals surface area contributed by atoms with Crippen LogP contribution in [0.4, 0.5) is 5.95 Å². The molecule has 7 heteroatoms. The summed E-state index contributed by atoms with van der Waals surface area (Å²) in [7, 11) is 1.58. The molecule has 2 N–H and O–H groups in total. The number of anilines is 1. The predicted octanol–water partition coefficient (Wildman–Crippen LogP) is 1.09. The maximum absolute atomic E-state index is 5.87. The van der Waals surface area contributed by atoms with E-state index >= 15 is 0 Å². The second-order valence-corrected chi connectivity index (χ2v) is 4.06. The molecule has 19 heavy (non-hydrogen) atoms. The minimum absolute atomic E-state index is 0.340. The first kappa shape index (κ1) is 11.4. The number of hydrogen-bond donors (Lipinski definition) is 1.